The molecule has 1 aliphatic rings. The molecule has 60 valence electrons. The highest BCUT2D eigenvalue weighted by molar-refractivity contribution is 4.77. The summed E-state index contributed by atoms with van der Waals surface area (Å²) in [6.45, 7) is 7.65. The summed E-state index contributed by atoms with van der Waals surface area (Å²) in [4.78, 5) is 0. The Bertz CT molecular complexity index is 91.4. The van der Waals surface area contributed by atoms with Crippen molar-refractivity contribution in [2.75, 3.05) is 19.7 Å². The summed E-state index contributed by atoms with van der Waals surface area (Å²) in [7, 11) is 0. The van der Waals surface area contributed by atoms with E-state index >= 15 is 0 Å². The van der Waals surface area contributed by atoms with Crippen LogP contribution in [0.4, 0.5) is 0 Å². The molecule has 0 aromatic heterocycles. The van der Waals surface area contributed by atoms with Gasteiger partial charge < -0.3 is 10.1 Å². The Hall–Kier alpha value is -0.0800. The molecule has 2 nitrogen and oxygen atoms in total. The first-order valence-corrected chi connectivity index (χ1v) is 4.28. The highest BCUT2D eigenvalue weighted by Crippen LogP contribution is 2.18. The molecule has 0 amide bonds. The molecule has 0 unspecified atom stereocenters. The van der Waals surface area contributed by atoms with Crippen molar-refractivity contribution in [1.82, 2.24) is 0 Å². The number of morpholine rings is 1. The lowest BCUT2D eigenvalue weighted by molar-refractivity contribution is -0.686. The molecular weight excluding hydrogens is 126 g/mol. The van der Waals surface area contributed by atoms with E-state index in [0.29, 0.717) is 0 Å². The molecule has 1 saturated heterocycles. The lowest BCUT2D eigenvalue weighted by Gasteiger charge is -2.33. The van der Waals surface area contributed by atoms with Crippen LogP contribution in [0.1, 0.15) is 26.7 Å². The SMILES string of the molecule is CCC1(CC)C[NH2+]CCO1. The molecule has 2 N–H and O–H groups in total. The van der Waals surface area contributed by atoms with E-state index in [2.05, 4.69) is 19.2 Å². The predicted octanol–water partition coefficient (Wildman–Crippen LogP) is 0.139. The van der Waals surface area contributed by atoms with Gasteiger partial charge in [0.2, 0.25) is 0 Å². The molecular formula is C8H18NO+. The zero-order valence-corrected chi connectivity index (χ0v) is 7.02. The first kappa shape index (κ1) is 8.02. The van der Waals surface area contributed by atoms with Crippen LogP contribution in [0.25, 0.3) is 0 Å². The van der Waals surface area contributed by atoms with Crippen LogP contribution in [0.5, 0.6) is 0 Å². The largest absolute Gasteiger partial charge is 0.363 e. The van der Waals surface area contributed by atoms with Crippen molar-refractivity contribution in [3.05, 3.63) is 0 Å². The summed E-state index contributed by atoms with van der Waals surface area (Å²) in [5.41, 5.74) is 0.207. The Morgan fingerprint density at radius 1 is 1.40 bits per heavy atom. The van der Waals surface area contributed by atoms with Crippen molar-refractivity contribution < 1.29 is 10.1 Å². The zero-order valence-electron chi connectivity index (χ0n) is 7.02. The van der Waals surface area contributed by atoms with Gasteiger partial charge in [-0.3, -0.25) is 0 Å². The minimum atomic E-state index is 0.207. The number of nitrogens with two attached hydrogens (primary N) is 1. The molecule has 0 radical (unpaired) electrons. The lowest BCUT2D eigenvalue weighted by atomic mass is 9.96. The molecule has 10 heavy (non-hydrogen) atoms. The Balaban J connectivity index is 2.44. The average Bonchev–Trinajstić information content (AvgIpc) is 2.06. The first-order valence-electron chi connectivity index (χ1n) is 4.28. The van der Waals surface area contributed by atoms with E-state index in [9.17, 15) is 0 Å². The Labute approximate surface area is 63.0 Å². The van der Waals surface area contributed by atoms with Crippen molar-refractivity contribution in [1.29, 1.82) is 0 Å². The van der Waals surface area contributed by atoms with E-state index in [1.54, 1.807) is 0 Å². The fourth-order valence-electron chi connectivity index (χ4n) is 1.53. The second kappa shape index (κ2) is 3.35. The molecule has 2 heteroatoms. The summed E-state index contributed by atoms with van der Waals surface area (Å²) < 4.78 is 5.73. The molecule has 0 aromatic carbocycles. The summed E-state index contributed by atoms with van der Waals surface area (Å²) in [6, 6.07) is 0. The Morgan fingerprint density at radius 2 is 2.10 bits per heavy atom. The smallest absolute Gasteiger partial charge is 0.116 e. The van der Waals surface area contributed by atoms with Crippen LogP contribution in [-0.4, -0.2) is 25.3 Å². The number of ether oxygens (including phenoxy) is 1. The van der Waals surface area contributed by atoms with Crippen LogP contribution in [0, 0.1) is 0 Å². The van der Waals surface area contributed by atoms with Crippen LogP contribution in [0.15, 0.2) is 0 Å². The van der Waals surface area contributed by atoms with Gasteiger partial charge in [0.05, 0.1) is 13.2 Å². The van der Waals surface area contributed by atoms with Crippen LogP contribution < -0.4 is 5.32 Å². The minimum absolute atomic E-state index is 0.207. The fraction of sp³-hybridized carbons (Fsp3) is 1.00. The van der Waals surface area contributed by atoms with Crippen molar-refractivity contribution in [3.8, 4) is 0 Å². The molecule has 1 heterocycles. The minimum Gasteiger partial charge on any atom is -0.363 e. The predicted molar refractivity (Wildman–Crippen MR) is 40.9 cm³/mol. The van der Waals surface area contributed by atoms with Gasteiger partial charge in [0.1, 0.15) is 12.1 Å². The first-order chi connectivity index (χ1) is 4.83. The van der Waals surface area contributed by atoms with Crippen LogP contribution >= 0.6 is 0 Å². The van der Waals surface area contributed by atoms with Gasteiger partial charge in [-0.05, 0) is 12.8 Å². The molecule has 0 spiro atoms. The van der Waals surface area contributed by atoms with Gasteiger partial charge in [-0.25, -0.2) is 0 Å². The number of quaternary nitrogens is 1. The summed E-state index contributed by atoms with van der Waals surface area (Å²) in [5.74, 6) is 0. The standard InChI is InChI=1S/C8H17NO/c1-3-8(4-2)7-9-5-6-10-8/h9H,3-7H2,1-2H3/p+1. The van der Waals surface area contributed by atoms with Gasteiger partial charge in [0, 0.05) is 0 Å². The molecule has 1 rings (SSSR count). The van der Waals surface area contributed by atoms with Crippen molar-refractivity contribution in [2.45, 2.75) is 32.3 Å². The summed E-state index contributed by atoms with van der Waals surface area (Å²) >= 11 is 0. The molecule has 0 aromatic rings. The number of hydrogen-bond donors (Lipinski definition) is 1. The van der Waals surface area contributed by atoms with E-state index in [0.717, 1.165) is 32.5 Å². The van der Waals surface area contributed by atoms with Gasteiger partial charge in [-0.1, -0.05) is 13.8 Å². The van der Waals surface area contributed by atoms with Gasteiger partial charge in [0.15, 0.2) is 0 Å². The maximum atomic E-state index is 5.73. The van der Waals surface area contributed by atoms with Crippen molar-refractivity contribution >= 4 is 0 Å². The highest BCUT2D eigenvalue weighted by Gasteiger charge is 2.31. The van der Waals surface area contributed by atoms with Crippen LogP contribution in [0.2, 0.25) is 0 Å². The third kappa shape index (κ3) is 1.50. The number of rotatable bonds is 2. The molecule has 0 bridgehead atoms. The number of hydrogen-bond acceptors (Lipinski definition) is 1. The topological polar surface area (TPSA) is 25.8 Å². The van der Waals surface area contributed by atoms with E-state index < -0.39 is 0 Å². The van der Waals surface area contributed by atoms with Gasteiger partial charge in [0.25, 0.3) is 0 Å². The summed E-state index contributed by atoms with van der Waals surface area (Å²) in [5, 5.41) is 2.36. The molecule has 0 atom stereocenters. The third-order valence-electron chi connectivity index (χ3n) is 2.54. The fourth-order valence-corrected chi connectivity index (χ4v) is 1.53. The normalized spacial score (nSPS) is 24.6. The highest BCUT2D eigenvalue weighted by atomic mass is 16.5. The van der Waals surface area contributed by atoms with Crippen LogP contribution in [0.3, 0.4) is 0 Å². The molecule has 0 saturated carbocycles. The van der Waals surface area contributed by atoms with Gasteiger partial charge in [-0.2, -0.15) is 0 Å². The maximum Gasteiger partial charge on any atom is 0.116 e. The van der Waals surface area contributed by atoms with Gasteiger partial charge >= 0.3 is 0 Å². The molecule has 1 aliphatic heterocycles. The zero-order chi connectivity index (χ0) is 7.45. The van der Waals surface area contributed by atoms with Crippen LogP contribution in [-0.2, 0) is 4.74 Å². The van der Waals surface area contributed by atoms with Crippen molar-refractivity contribution in [2.24, 2.45) is 0 Å². The van der Waals surface area contributed by atoms with Crippen molar-refractivity contribution in [3.63, 3.8) is 0 Å². The summed E-state index contributed by atoms with van der Waals surface area (Å²) in [6.07, 6.45) is 2.31. The molecule has 1 fully saturated rings. The lowest BCUT2D eigenvalue weighted by Crippen LogP contribution is -2.91. The van der Waals surface area contributed by atoms with E-state index in [1.165, 1.54) is 0 Å². The average molecular weight is 144 g/mol. The van der Waals surface area contributed by atoms with E-state index in [1.807, 2.05) is 0 Å². The second-order valence-corrected chi connectivity index (χ2v) is 3.02. The monoisotopic (exact) mass is 144 g/mol. The third-order valence-corrected chi connectivity index (χ3v) is 2.54. The van der Waals surface area contributed by atoms with E-state index in [-0.39, 0.29) is 5.60 Å². The maximum absolute atomic E-state index is 5.73. The second-order valence-electron chi connectivity index (χ2n) is 3.02. The quantitative estimate of drug-likeness (QED) is 0.586. The Morgan fingerprint density at radius 3 is 2.40 bits per heavy atom. The van der Waals surface area contributed by atoms with E-state index in [4.69, 9.17) is 4.74 Å². The molecule has 0 aliphatic carbocycles. The van der Waals surface area contributed by atoms with Gasteiger partial charge in [-0.15, -0.1) is 0 Å². The Kier molecular flexibility index (Phi) is 2.69.